The van der Waals surface area contributed by atoms with E-state index < -0.39 is 0 Å². The van der Waals surface area contributed by atoms with Crippen LogP contribution in [0.15, 0.2) is 47.4 Å². The van der Waals surface area contributed by atoms with Crippen LogP contribution < -0.4 is 14.8 Å². The number of rotatable bonds is 8. The van der Waals surface area contributed by atoms with Gasteiger partial charge in [-0.3, -0.25) is 14.5 Å². The van der Waals surface area contributed by atoms with Crippen LogP contribution in [-0.4, -0.2) is 46.8 Å². The first-order chi connectivity index (χ1) is 16.0. The molecule has 1 aromatic heterocycles. The second-order valence-electron chi connectivity index (χ2n) is 7.09. The zero-order chi connectivity index (χ0) is 23.4. The number of carbonyl (C=O) groups is 2. The molecule has 0 unspecified atom stereocenters. The van der Waals surface area contributed by atoms with Crippen molar-refractivity contribution >= 4 is 72.9 Å². The average Bonchev–Trinajstić information content (AvgIpc) is 3.33. The Kier molecular flexibility index (Phi) is 7.26. The zero-order valence-electron chi connectivity index (χ0n) is 18.0. The van der Waals surface area contributed by atoms with E-state index in [-0.39, 0.29) is 18.2 Å². The van der Waals surface area contributed by atoms with Gasteiger partial charge in [-0.1, -0.05) is 53.5 Å². The number of amides is 2. The van der Waals surface area contributed by atoms with E-state index in [1.807, 2.05) is 30.3 Å². The maximum absolute atomic E-state index is 12.8. The smallest absolute Gasteiger partial charge is 0.266 e. The highest BCUT2D eigenvalue weighted by Crippen LogP contribution is 2.35. The zero-order valence-corrected chi connectivity index (χ0v) is 20.4. The highest BCUT2D eigenvalue weighted by Gasteiger charge is 2.31. The number of fused-ring (bicyclic) bond motifs is 1. The van der Waals surface area contributed by atoms with Crippen LogP contribution in [0.2, 0.25) is 0 Å². The lowest BCUT2D eigenvalue weighted by Crippen LogP contribution is -2.29. The van der Waals surface area contributed by atoms with Crippen LogP contribution in [0.1, 0.15) is 18.4 Å². The van der Waals surface area contributed by atoms with Gasteiger partial charge in [0.1, 0.15) is 4.32 Å². The number of hydrogen-bond donors (Lipinski definition) is 1. The molecule has 1 fully saturated rings. The van der Waals surface area contributed by atoms with Gasteiger partial charge in [0.15, 0.2) is 16.6 Å². The molecule has 2 heterocycles. The van der Waals surface area contributed by atoms with Gasteiger partial charge in [-0.25, -0.2) is 4.98 Å². The van der Waals surface area contributed by atoms with Crippen molar-refractivity contribution in [3.05, 3.63) is 52.9 Å². The molecule has 0 radical (unpaired) electrons. The summed E-state index contributed by atoms with van der Waals surface area (Å²) in [4.78, 5) is 31.7. The number of aromatic nitrogens is 1. The summed E-state index contributed by atoms with van der Waals surface area (Å²) in [5.74, 6) is 0.902. The Morgan fingerprint density at radius 1 is 1.18 bits per heavy atom. The molecule has 1 saturated heterocycles. The van der Waals surface area contributed by atoms with Crippen LogP contribution in [0.25, 0.3) is 16.3 Å². The van der Waals surface area contributed by atoms with E-state index in [4.69, 9.17) is 21.7 Å². The van der Waals surface area contributed by atoms with Crippen molar-refractivity contribution in [2.45, 2.75) is 12.8 Å². The number of methoxy groups -OCH3 is 2. The number of benzene rings is 2. The van der Waals surface area contributed by atoms with E-state index in [0.717, 1.165) is 15.8 Å². The molecule has 1 aliphatic rings. The van der Waals surface area contributed by atoms with Gasteiger partial charge in [-0.05, 0) is 42.3 Å². The number of carbonyl (C=O) groups excluding carboxylic acids is 2. The summed E-state index contributed by atoms with van der Waals surface area (Å²) in [7, 11) is 3.13. The third-order valence-corrected chi connectivity index (χ3v) is 7.23. The topological polar surface area (TPSA) is 80.8 Å². The number of hydrogen-bond acceptors (Lipinski definition) is 8. The fraction of sp³-hybridized carbons (Fsp3) is 0.217. The molecule has 0 atom stereocenters. The Morgan fingerprint density at radius 2 is 1.97 bits per heavy atom. The molecule has 1 N–H and O–H groups in total. The molecule has 33 heavy (non-hydrogen) atoms. The van der Waals surface area contributed by atoms with Crippen molar-refractivity contribution in [2.24, 2.45) is 0 Å². The number of thiocarbonyl (C=S) groups is 1. The monoisotopic (exact) mass is 499 g/mol. The maximum atomic E-state index is 12.8. The summed E-state index contributed by atoms with van der Waals surface area (Å²) in [6.07, 6.45) is 2.54. The van der Waals surface area contributed by atoms with Crippen molar-refractivity contribution in [3.8, 4) is 11.5 Å². The lowest BCUT2D eigenvalue weighted by molar-refractivity contribution is -0.122. The van der Waals surface area contributed by atoms with Crippen molar-refractivity contribution in [2.75, 3.05) is 26.1 Å². The van der Waals surface area contributed by atoms with Gasteiger partial charge in [-0.2, -0.15) is 0 Å². The molecule has 2 aromatic carbocycles. The third kappa shape index (κ3) is 5.35. The van der Waals surface area contributed by atoms with Gasteiger partial charge >= 0.3 is 0 Å². The van der Waals surface area contributed by atoms with Gasteiger partial charge in [0.2, 0.25) is 5.91 Å². The van der Waals surface area contributed by atoms with Crippen LogP contribution in [0.3, 0.4) is 0 Å². The van der Waals surface area contributed by atoms with E-state index in [2.05, 4.69) is 10.3 Å². The first-order valence-corrected chi connectivity index (χ1v) is 12.2. The molecule has 0 aliphatic carbocycles. The van der Waals surface area contributed by atoms with E-state index >= 15 is 0 Å². The Balaban J connectivity index is 1.33. The SMILES string of the molecule is COc1ccc(C=C2SC(=S)N(CCCC(=O)Nc3nc4ccccc4s3)C2=O)cc1OC. The van der Waals surface area contributed by atoms with Crippen LogP contribution >= 0.6 is 35.3 Å². The molecule has 170 valence electrons. The quantitative estimate of drug-likeness (QED) is 0.348. The lowest BCUT2D eigenvalue weighted by Gasteiger charge is -2.13. The van der Waals surface area contributed by atoms with Crippen molar-refractivity contribution in [1.29, 1.82) is 0 Å². The number of nitrogens with one attached hydrogen (secondary N) is 1. The number of thiazole rings is 1. The first kappa shape index (κ1) is 23.2. The second-order valence-corrected chi connectivity index (χ2v) is 9.79. The molecule has 0 bridgehead atoms. The van der Waals surface area contributed by atoms with Crippen LogP contribution in [0.5, 0.6) is 11.5 Å². The van der Waals surface area contributed by atoms with Crippen LogP contribution in [0.4, 0.5) is 5.13 Å². The van der Waals surface area contributed by atoms with E-state index in [9.17, 15) is 9.59 Å². The number of nitrogens with zero attached hydrogens (tertiary/aromatic N) is 2. The van der Waals surface area contributed by atoms with Crippen molar-refractivity contribution < 1.29 is 19.1 Å². The largest absolute Gasteiger partial charge is 0.493 e. The Hall–Kier alpha value is -2.95. The van der Waals surface area contributed by atoms with Crippen LogP contribution in [0, 0.1) is 0 Å². The maximum Gasteiger partial charge on any atom is 0.266 e. The fourth-order valence-corrected chi connectivity index (χ4v) is 5.48. The number of thioether (sulfide) groups is 1. The summed E-state index contributed by atoms with van der Waals surface area (Å²) >= 11 is 8.08. The highest BCUT2D eigenvalue weighted by molar-refractivity contribution is 8.26. The molecule has 4 rings (SSSR count). The predicted molar refractivity (Wildman–Crippen MR) is 137 cm³/mol. The molecular weight excluding hydrogens is 478 g/mol. The average molecular weight is 500 g/mol. The van der Waals surface area contributed by atoms with Gasteiger partial charge in [0, 0.05) is 13.0 Å². The normalized spacial score (nSPS) is 14.8. The molecule has 3 aromatic rings. The molecular formula is C23H21N3O4S3. The summed E-state index contributed by atoms with van der Waals surface area (Å²) < 4.78 is 12.1. The summed E-state index contributed by atoms with van der Waals surface area (Å²) in [5, 5.41) is 3.41. The van der Waals surface area contributed by atoms with E-state index in [1.54, 1.807) is 32.4 Å². The molecule has 2 amide bonds. The highest BCUT2D eigenvalue weighted by atomic mass is 32.2. The standard InChI is InChI=1S/C23H21N3O4S3/c1-29-16-10-9-14(12-17(16)30-2)13-19-21(28)26(23(31)33-19)11-5-8-20(27)25-22-24-15-6-3-4-7-18(15)32-22/h3-4,6-7,9-10,12-13H,5,8,11H2,1-2H3,(H,24,25,27). The molecule has 10 heteroatoms. The Morgan fingerprint density at radius 3 is 2.73 bits per heavy atom. The summed E-state index contributed by atoms with van der Waals surface area (Å²) in [6, 6.07) is 13.2. The van der Waals surface area contributed by atoms with Crippen molar-refractivity contribution in [3.63, 3.8) is 0 Å². The number of anilines is 1. The number of ether oxygens (including phenoxy) is 2. The van der Waals surface area contributed by atoms with Crippen molar-refractivity contribution in [1.82, 2.24) is 9.88 Å². The molecule has 7 nitrogen and oxygen atoms in total. The van der Waals surface area contributed by atoms with E-state index in [1.165, 1.54) is 28.0 Å². The van der Waals surface area contributed by atoms with Crippen LogP contribution in [-0.2, 0) is 9.59 Å². The minimum atomic E-state index is -0.161. The minimum absolute atomic E-state index is 0.139. The summed E-state index contributed by atoms with van der Waals surface area (Å²) in [6.45, 7) is 0.376. The molecule has 0 saturated carbocycles. The van der Waals surface area contributed by atoms with Gasteiger partial charge in [-0.15, -0.1) is 0 Å². The Labute approximate surface area is 204 Å². The molecule has 1 aliphatic heterocycles. The Bertz CT molecular complexity index is 1220. The lowest BCUT2D eigenvalue weighted by atomic mass is 10.2. The van der Waals surface area contributed by atoms with Gasteiger partial charge in [0.25, 0.3) is 5.91 Å². The predicted octanol–water partition coefficient (Wildman–Crippen LogP) is 4.93. The minimum Gasteiger partial charge on any atom is -0.493 e. The van der Waals surface area contributed by atoms with Gasteiger partial charge < -0.3 is 14.8 Å². The first-order valence-electron chi connectivity index (χ1n) is 10.1. The number of para-hydroxylation sites is 1. The molecule has 0 spiro atoms. The fourth-order valence-electron chi connectivity index (χ4n) is 3.29. The second kappa shape index (κ2) is 10.3. The third-order valence-electron chi connectivity index (χ3n) is 4.90. The van der Waals surface area contributed by atoms with E-state index in [0.29, 0.717) is 38.8 Å². The van der Waals surface area contributed by atoms with Gasteiger partial charge in [0.05, 0.1) is 29.3 Å². The summed E-state index contributed by atoms with van der Waals surface area (Å²) in [5.41, 5.74) is 1.67.